The summed E-state index contributed by atoms with van der Waals surface area (Å²) in [5.41, 5.74) is 0.0677. The van der Waals surface area contributed by atoms with E-state index in [4.69, 9.17) is 0 Å². The zero-order valence-corrected chi connectivity index (χ0v) is 13.8. The van der Waals surface area contributed by atoms with Gasteiger partial charge in [0.2, 0.25) is 0 Å². The van der Waals surface area contributed by atoms with Gasteiger partial charge in [0, 0.05) is 5.92 Å². The number of hydrogen-bond acceptors (Lipinski definition) is 2. The summed E-state index contributed by atoms with van der Waals surface area (Å²) in [6.07, 6.45) is 6.41. The number of imide groups is 1. The molecule has 3 atom stereocenters. The van der Waals surface area contributed by atoms with Crippen molar-refractivity contribution < 1.29 is 18.9 Å². The monoisotopic (exact) mass is 334 g/mol. The van der Waals surface area contributed by atoms with E-state index in [0.717, 1.165) is 24.9 Å². The number of amides is 3. The molecule has 1 aromatic rings. The summed E-state index contributed by atoms with van der Waals surface area (Å²) in [6.45, 7) is 2.31. The van der Waals surface area contributed by atoms with E-state index in [-0.39, 0.29) is 11.6 Å². The van der Waals surface area contributed by atoms with Gasteiger partial charge in [-0.3, -0.25) is 10.1 Å². The molecule has 130 valence electrons. The lowest BCUT2D eigenvalue weighted by Crippen LogP contribution is -3.15. The van der Waals surface area contributed by atoms with Crippen molar-refractivity contribution in [3.05, 3.63) is 30.1 Å². The molecule has 3 N–H and O–H groups in total. The highest BCUT2D eigenvalue weighted by molar-refractivity contribution is 6.01. The SMILES string of the molecule is O=C(C[NH+]1CC[C@@H]2CCCC[C@@H]2C1)NC(=O)Nc1ccccc1F. The maximum Gasteiger partial charge on any atom is 0.326 e. The van der Waals surface area contributed by atoms with E-state index < -0.39 is 11.8 Å². The van der Waals surface area contributed by atoms with E-state index in [1.54, 1.807) is 12.1 Å². The van der Waals surface area contributed by atoms with Crippen LogP contribution >= 0.6 is 0 Å². The van der Waals surface area contributed by atoms with Gasteiger partial charge in [0.1, 0.15) is 5.82 Å². The molecule has 3 rings (SSSR count). The van der Waals surface area contributed by atoms with E-state index in [1.807, 2.05) is 0 Å². The number of anilines is 1. The molecule has 6 heteroatoms. The molecule has 2 fully saturated rings. The average molecular weight is 334 g/mol. The second-order valence-corrected chi connectivity index (χ2v) is 6.96. The first kappa shape index (κ1) is 16.9. The lowest BCUT2D eigenvalue weighted by molar-refractivity contribution is -0.902. The fraction of sp³-hybridized carbons (Fsp3) is 0.556. The van der Waals surface area contributed by atoms with Crippen LogP contribution in [0.3, 0.4) is 0 Å². The number of carbonyl (C=O) groups excluding carboxylic acids is 2. The Morgan fingerprint density at radius 3 is 2.67 bits per heavy atom. The third-order valence-electron chi connectivity index (χ3n) is 5.27. The average Bonchev–Trinajstić information content (AvgIpc) is 2.56. The van der Waals surface area contributed by atoms with Crippen LogP contribution in [-0.4, -0.2) is 31.6 Å². The number of quaternary nitrogens is 1. The van der Waals surface area contributed by atoms with E-state index in [0.29, 0.717) is 6.54 Å². The maximum atomic E-state index is 13.5. The molecule has 3 amide bonds. The molecule has 2 aliphatic rings. The molecule has 1 heterocycles. The van der Waals surface area contributed by atoms with Gasteiger partial charge in [-0.15, -0.1) is 0 Å². The first-order valence-corrected chi connectivity index (χ1v) is 8.81. The molecule has 1 saturated carbocycles. The summed E-state index contributed by atoms with van der Waals surface area (Å²) in [5, 5.41) is 4.67. The third-order valence-corrected chi connectivity index (χ3v) is 5.27. The van der Waals surface area contributed by atoms with Crippen LogP contribution in [0, 0.1) is 17.7 Å². The molecule has 0 spiro atoms. The fourth-order valence-corrected chi connectivity index (χ4v) is 4.07. The molecule has 0 bridgehead atoms. The van der Waals surface area contributed by atoms with Crippen molar-refractivity contribution in [2.45, 2.75) is 32.1 Å². The summed E-state index contributed by atoms with van der Waals surface area (Å²) >= 11 is 0. The number of rotatable bonds is 3. The Morgan fingerprint density at radius 2 is 1.88 bits per heavy atom. The number of urea groups is 1. The van der Waals surface area contributed by atoms with Crippen LogP contribution in [-0.2, 0) is 4.79 Å². The largest absolute Gasteiger partial charge is 0.327 e. The number of para-hydroxylation sites is 1. The standard InChI is InChI=1S/C18H24FN3O2/c19-15-7-3-4-8-16(15)20-18(24)21-17(23)12-22-10-9-13-5-1-2-6-14(13)11-22/h3-4,7-8,13-14H,1-2,5-6,9-12H2,(H2,20,21,23,24)/p+1/t13-,14+/m0/s1. The summed E-state index contributed by atoms with van der Waals surface area (Å²) in [5.74, 6) is 0.718. The number of nitrogens with one attached hydrogen (secondary N) is 3. The quantitative estimate of drug-likeness (QED) is 0.786. The lowest BCUT2D eigenvalue weighted by atomic mass is 9.75. The molecule has 1 saturated heterocycles. The normalized spacial score (nSPS) is 26.3. The molecule has 0 radical (unpaired) electrons. The van der Waals surface area contributed by atoms with Crippen molar-refractivity contribution in [3.8, 4) is 0 Å². The molecular weight excluding hydrogens is 309 g/mol. The van der Waals surface area contributed by atoms with E-state index in [9.17, 15) is 14.0 Å². The van der Waals surface area contributed by atoms with Gasteiger partial charge in [0.05, 0.1) is 18.8 Å². The van der Waals surface area contributed by atoms with Crippen molar-refractivity contribution in [2.24, 2.45) is 11.8 Å². The van der Waals surface area contributed by atoms with Crippen LogP contribution in [0.1, 0.15) is 32.1 Å². The molecule has 0 aromatic heterocycles. The molecule has 24 heavy (non-hydrogen) atoms. The van der Waals surface area contributed by atoms with Crippen LogP contribution in [0.5, 0.6) is 0 Å². The van der Waals surface area contributed by atoms with Gasteiger partial charge in [-0.25, -0.2) is 9.18 Å². The van der Waals surface area contributed by atoms with Gasteiger partial charge >= 0.3 is 6.03 Å². The first-order valence-electron chi connectivity index (χ1n) is 8.81. The van der Waals surface area contributed by atoms with Crippen molar-refractivity contribution in [3.63, 3.8) is 0 Å². The number of likely N-dealkylation sites (tertiary alicyclic amines) is 1. The van der Waals surface area contributed by atoms with Crippen LogP contribution in [0.15, 0.2) is 24.3 Å². The third kappa shape index (κ3) is 4.32. The minimum Gasteiger partial charge on any atom is -0.327 e. The number of benzene rings is 1. The summed E-state index contributed by atoms with van der Waals surface area (Å²) in [6, 6.07) is 5.20. The Kier molecular flexibility index (Phi) is 5.45. The Hall–Kier alpha value is -1.95. The zero-order chi connectivity index (χ0) is 16.9. The van der Waals surface area contributed by atoms with Crippen LogP contribution < -0.4 is 15.5 Å². The predicted octanol–water partition coefficient (Wildman–Crippen LogP) is 1.57. The summed E-state index contributed by atoms with van der Waals surface area (Å²) < 4.78 is 13.5. The van der Waals surface area contributed by atoms with Gasteiger partial charge in [0.25, 0.3) is 5.91 Å². The predicted molar refractivity (Wildman–Crippen MR) is 89.2 cm³/mol. The van der Waals surface area contributed by atoms with E-state index in [2.05, 4.69) is 10.6 Å². The molecule has 1 aliphatic carbocycles. The first-order chi connectivity index (χ1) is 11.6. The minimum absolute atomic E-state index is 0.0677. The minimum atomic E-state index is -0.683. The van der Waals surface area contributed by atoms with Gasteiger partial charge in [0.15, 0.2) is 6.54 Å². The Bertz CT molecular complexity index is 608. The maximum absolute atomic E-state index is 13.5. The number of fused-ring (bicyclic) bond motifs is 1. The fourth-order valence-electron chi connectivity index (χ4n) is 4.07. The Balaban J connectivity index is 1.45. The van der Waals surface area contributed by atoms with Crippen molar-refractivity contribution in [1.29, 1.82) is 0 Å². The molecule has 5 nitrogen and oxygen atoms in total. The number of piperidine rings is 1. The summed E-state index contributed by atoms with van der Waals surface area (Å²) in [4.78, 5) is 25.1. The van der Waals surface area contributed by atoms with Gasteiger partial charge in [-0.1, -0.05) is 25.0 Å². The van der Waals surface area contributed by atoms with E-state index in [1.165, 1.54) is 49.1 Å². The number of carbonyl (C=O) groups is 2. The number of hydrogen-bond donors (Lipinski definition) is 3. The highest BCUT2D eigenvalue weighted by Gasteiger charge is 2.34. The molecular formula is C18H25FN3O2+. The van der Waals surface area contributed by atoms with Crippen LogP contribution in [0.25, 0.3) is 0 Å². The molecule has 1 unspecified atom stereocenters. The zero-order valence-electron chi connectivity index (χ0n) is 13.8. The van der Waals surface area contributed by atoms with Crippen molar-refractivity contribution in [2.75, 3.05) is 25.0 Å². The second-order valence-electron chi connectivity index (χ2n) is 6.96. The van der Waals surface area contributed by atoms with Gasteiger partial charge in [-0.2, -0.15) is 0 Å². The van der Waals surface area contributed by atoms with Crippen LogP contribution in [0.4, 0.5) is 14.9 Å². The highest BCUT2D eigenvalue weighted by Crippen LogP contribution is 2.32. The lowest BCUT2D eigenvalue weighted by Gasteiger charge is -2.38. The Labute approximate surface area is 141 Å². The van der Waals surface area contributed by atoms with Crippen molar-refractivity contribution >= 4 is 17.6 Å². The summed E-state index contributed by atoms with van der Waals surface area (Å²) in [7, 11) is 0. The van der Waals surface area contributed by atoms with Gasteiger partial charge in [-0.05, 0) is 37.3 Å². The van der Waals surface area contributed by atoms with Crippen LogP contribution in [0.2, 0.25) is 0 Å². The van der Waals surface area contributed by atoms with E-state index >= 15 is 0 Å². The highest BCUT2D eigenvalue weighted by atomic mass is 19.1. The van der Waals surface area contributed by atoms with Crippen molar-refractivity contribution in [1.82, 2.24) is 5.32 Å². The van der Waals surface area contributed by atoms with Gasteiger partial charge < -0.3 is 10.2 Å². The smallest absolute Gasteiger partial charge is 0.326 e. The number of halogens is 1. The second kappa shape index (κ2) is 7.75. The Morgan fingerprint density at radius 1 is 1.12 bits per heavy atom. The molecule has 1 aromatic carbocycles. The topological polar surface area (TPSA) is 62.6 Å². The molecule has 1 aliphatic heterocycles.